The van der Waals surface area contributed by atoms with Crippen molar-refractivity contribution < 1.29 is 9.59 Å². The Labute approximate surface area is 194 Å². The Morgan fingerprint density at radius 2 is 1.61 bits per heavy atom. The maximum Gasteiger partial charge on any atom is 0.224 e. The lowest BCUT2D eigenvalue weighted by molar-refractivity contribution is -0.116. The van der Waals surface area contributed by atoms with Gasteiger partial charge in [0.2, 0.25) is 5.91 Å². The van der Waals surface area contributed by atoms with Crippen LogP contribution in [-0.4, -0.2) is 44.8 Å². The van der Waals surface area contributed by atoms with Crippen LogP contribution in [0.1, 0.15) is 59.9 Å². The monoisotopic (exact) mass is 446 g/mol. The molecule has 1 aliphatic heterocycles. The zero-order chi connectivity index (χ0) is 23.4. The minimum absolute atomic E-state index is 0.00154. The number of hydrogen-bond acceptors (Lipinski definition) is 6. The summed E-state index contributed by atoms with van der Waals surface area (Å²) in [5.74, 6) is 1.51. The first kappa shape index (κ1) is 22.6. The number of hydrogen-bond donors (Lipinski definition) is 1. The number of aromatic nitrogens is 4. The molecule has 0 saturated carbocycles. The van der Waals surface area contributed by atoms with E-state index in [1.54, 1.807) is 28.9 Å². The molecule has 1 amide bonds. The first-order valence-corrected chi connectivity index (χ1v) is 11.5. The van der Waals surface area contributed by atoms with Gasteiger partial charge in [0, 0.05) is 36.5 Å². The molecule has 3 heterocycles. The van der Waals surface area contributed by atoms with E-state index in [0.717, 1.165) is 35.9 Å². The number of nitrogens with one attached hydrogen (secondary N) is 1. The molecule has 3 aromatic rings. The summed E-state index contributed by atoms with van der Waals surface area (Å²) >= 11 is 0. The minimum atomic E-state index is -0.0807. The van der Waals surface area contributed by atoms with Crippen LogP contribution in [0.4, 0.5) is 11.5 Å². The Hall–Kier alpha value is -3.55. The van der Waals surface area contributed by atoms with Crippen molar-refractivity contribution in [3.63, 3.8) is 0 Å². The van der Waals surface area contributed by atoms with Crippen LogP contribution in [0, 0.1) is 13.8 Å². The van der Waals surface area contributed by atoms with E-state index in [1.165, 1.54) is 26.2 Å². The van der Waals surface area contributed by atoms with Gasteiger partial charge in [-0.1, -0.05) is 0 Å². The fourth-order valence-corrected chi connectivity index (χ4v) is 4.23. The Balaban J connectivity index is 1.40. The average Bonchev–Trinajstić information content (AvgIpc) is 3.12. The summed E-state index contributed by atoms with van der Waals surface area (Å²) in [5.41, 5.74) is 4.19. The topological polar surface area (TPSA) is 93.0 Å². The normalized spacial score (nSPS) is 13.7. The van der Waals surface area contributed by atoms with Crippen molar-refractivity contribution in [2.45, 2.75) is 52.9 Å². The first-order valence-electron chi connectivity index (χ1n) is 11.5. The zero-order valence-electron chi connectivity index (χ0n) is 19.5. The molecule has 172 valence electrons. The Morgan fingerprint density at radius 3 is 2.24 bits per heavy atom. The molecule has 33 heavy (non-hydrogen) atoms. The molecule has 8 nitrogen and oxygen atoms in total. The largest absolute Gasteiger partial charge is 0.355 e. The van der Waals surface area contributed by atoms with Gasteiger partial charge < -0.3 is 10.2 Å². The maximum absolute atomic E-state index is 12.5. The molecule has 0 atom stereocenters. The smallest absolute Gasteiger partial charge is 0.224 e. The first-order chi connectivity index (χ1) is 15.9. The Morgan fingerprint density at radius 1 is 0.939 bits per heavy atom. The van der Waals surface area contributed by atoms with Crippen LogP contribution in [0.25, 0.3) is 5.82 Å². The second-order valence-electron chi connectivity index (χ2n) is 8.54. The molecule has 0 unspecified atom stereocenters. The van der Waals surface area contributed by atoms with Gasteiger partial charge in [0.05, 0.1) is 5.69 Å². The average molecular weight is 447 g/mol. The molecular formula is C25H30N6O2. The van der Waals surface area contributed by atoms with Crippen LogP contribution in [0.2, 0.25) is 0 Å². The highest BCUT2D eigenvalue weighted by molar-refractivity contribution is 5.95. The molecule has 1 saturated heterocycles. The van der Waals surface area contributed by atoms with Crippen LogP contribution in [0.3, 0.4) is 0 Å². The van der Waals surface area contributed by atoms with Gasteiger partial charge in [-0.2, -0.15) is 5.10 Å². The van der Waals surface area contributed by atoms with Crippen LogP contribution in [-0.2, 0) is 11.2 Å². The maximum atomic E-state index is 12.5. The van der Waals surface area contributed by atoms with E-state index >= 15 is 0 Å². The minimum Gasteiger partial charge on any atom is -0.355 e. The fraction of sp³-hybridized carbons (Fsp3) is 0.400. The number of Topliss-reactive ketones (excluding diaryl/α,β-unsaturated/α-hetero) is 1. The van der Waals surface area contributed by atoms with Crippen LogP contribution >= 0.6 is 0 Å². The van der Waals surface area contributed by atoms with Crippen LogP contribution in [0.5, 0.6) is 0 Å². The van der Waals surface area contributed by atoms with E-state index in [-0.39, 0.29) is 11.7 Å². The second kappa shape index (κ2) is 9.94. The van der Waals surface area contributed by atoms with Crippen molar-refractivity contribution in [1.82, 2.24) is 20.0 Å². The number of benzene rings is 1. The summed E-state index contributed by atoms with van der Waals surface area (Å²) < 4.78 is 1.80. The van der Waals surface area contributed by atoms with Gasteiger partial charge in [0.25, 0.3) is 0 Å². The molecule has 1 aliphatic rings. The molecule has 0 radical (unpaired) electrons. The lowest BCUT2D eigenvalue weighted by Crippen LogP contribution is -2.30. The molecule has 1 aromatic carbocycles. The van der Waals surface area contributed by atoms with E-state index < -0.39 is 0 Å². The highest BCUT2D eigenvalue weighted by atomic mass is 16.1. The summed E-state index contributed by atoms with van der Waals surface area (Å²) in [6.45, 7) is 7.52. The quantitative estimate of drug-likeness (QED) is 0.551. The number of anilines is 2. The number of nitrogens with zero attached hydrogens (tertiary/aromatic N) is 5. The van der Waals surface area contributed by atoms with Gasteiger partial charge in [0.1, 0.15) is 0 Å². The van der Waals surface area contributed by atoms with E-state index in [0.29, 0.717) is 29.9 Å². The zero-order valence-corrected chi connectivity index (χ0v) is 19.5. The molecule has 1 fully saturated rings. The molecule has 8 heteroatoms. The summed E-state index contributed by atoms with van der Waals surface area (Å²) in [4.78, 5) is 26.1. The van der Waals surface area contributed by atoms with E-state index in [9.17, 15) is 9.59 Å². The fourth-order valence-electron chi connectivity index (χ4n) is 4.23. The molecule has 0 spiro atoms. The van der Waals surface area contributed by atoms with Gasteiger partial charge in [-0.3, -0.25) is 9.59 Å². The van der Waals surface area contributed by atoms with Crippen LogP contribution in [0.15, 0.2) is 36.4 Å². The molecule has 2 aromatic heterocycles. The molecule has 0 bridgehead atoms. The van der Waals surface area contributed by atoms with E-state index in [2.05, 4.69) is 25.5 Å². The number of aryl methyl sites for hydroxylation is 1. The molecule has 0 aliphatic carbocycles. The highest BCUT2D eigenvalue weighted by Gasteiger charge is 2.17. The third kappa shape index (κ3) is 5.27. The SMILES string of the molecule is CC(=O)c1ccc(NC(=O)CCc2c(C)nn(-c3ccc(N4CCCCC4)nn3)c2C)cc1. The molecule has 4 rings (SSSR count). The predicted octanol–water partition coefficient (Wildman–Crippen LogP) is 4.04. The predicted molar refractivity (Wildman–Crippen MR) is 128 cm³/mol. The highest BCUT2D eigenvalue weighted by Crippen LogP contribution is 2.21. The van der Waals surface area contributed by atoms with Crippen LogP contribution < -0.4 is 10.2 Å². The number of rotatable bonds is 7. The van der Waals surface area contributed by atoms with Crippen molar-refractivity contribution in [1.29, 1.82) is 0 Å². The van der Waals surface area contributed by atoms with Crippen molar-refractivity contribution in [2.75, 3.05) is 23.3 Å². The number of piperidine rings is 1. The third-order valence-electron chi connectivity index (χ3n) is 6.15. The number of carbonyl (C=O) groups excluding carboxylic acids is 2. The Kier molecular flexibility index (Phi) is 6.82. The second-order valence-corrected chi connectivity index (χ2v) is 8.54. The van der Waals surface area contributed by atoms with Crippen molar-refractivity contribution >= 4 is 23.2 Å². The van der Waals surface area contributed by atoms with Gasteiger partial charge in [-0.15, -0.1) is 10.2 Å². The lowest BCUT2D eigenvalue weighted by Gasteiger charge is -2.27. The van der Waals surface area contributed by atoms with E-state index in [1.807, 2.05) is 26.0 Å². The number of amides is 1. The summed E-state index contributed by atoms with van der Waals surface area (Å²) in [6, 6.07) is 10.9. The van der Waals surface area contributed by atoms with Gasteiger partial charge in [-0.25, -0.2) is 4.68 Å². The lowest BCUT2D eigenvalue weighted by atomic mass is 10.1. The van der Waals surface area contributed by atoms with Gasteiger partial charge >= 0.3 is 0 Å². The van der Waals surface area contributed by atoms with Crippen molar-refractivity contribution in [3.05, 3.63) is 58.9 Å². The van der Waals surface area contributed by atoms with Crippen molar-refractivity contribution in [2.24, 2.45) is 0 Å². The third-order valence-corrected chi connectivity index (χ3v) is 6.15. The van der Waals surface area contributed by atoms with Gasteiger partial charge in [-0.05, 0) is 88.4 Å². The summed E-state index contributed by atoms with van der Waals surface area (Å²) in [7, 11) is 0. The summed E-state index contributed by atoms with van der Waals surface area (Å²) in [6.07, 6.45) is 4.58. The molecule has 1 N–H and O–H groups in total. The summed E-state index contributed by atoms with van der Waals surface area (Å²) in [5, 5.41) is 16.4. The molecular weight excluding hydrogens is 416 g/mol. The van der Waals surface area contributed by atoms with Crippen molar-refractivity contribution in [3.8, 4) is 5.82 Å². The van der Waals surface area contributed by atoms with E-state index in [4.69, 9.17) is 0 Å². The number of ketones is 1. The standard InChI is InChI=1S/C25H30N6O2/c1-17-22(11-14-25(33)26-21-9-7-20(8-10-21)19(3)32)18(2)31(29-17)24-13-12-23(27-28-24)30-15-5-4-6-16-30/h7-10,12-13H,4-6,11,14-16H2,1-3H3,(H,26,33). The van der Waals surface area contributed by atoms with Gasteiger partial charge in [0.15, 0.2) is 17.4 Å². The number of carbonyl (C=O) groups is 2. The Bertz CT molecular complexity index is 1130.